The van der Waals surface area contributed by atoms with Gasteiger partial charge in [-0.1, -0.05) is 35.3 Å². The van der Waals surface area contributed by atoms with Gasteiger partial charge in [-0.3, -0.25) is 4.79 Å². The number of pyridine rings is 1. The summed E-state index contributed by atoms with van der Waals surface area (Å²) in [7, 11) is 1.57. The molecule has 0 spiro atoms. The van der Waals surface area contributed by atoms with Crippen molar-refractivity contribution in [1.82, 2.24) is 4.98 Å². The van der Waals surface area contributed by atoms with E-state index in [1.807, 2.05) is 12.1 Å². The average molecular weight is 447 g/mol. The van der Waals surface area contributed by atoms with E-state index >= 15 is 0 Å². The molecule has 0 bridgehead atoms. The molecule has 0 atom stereocenters. The van der Waals surface area contributed by atoms with Crippen LogP contribution >= 0.6 is 23.2 Å². The third kappa shape index (κ3) is 6.27. The summed E-state index contributed by atoms with van der Waals surface area (Å²) in [6, 6.07) is 15.7. The van der Waals surface area contributed by atoms with E-state index in [9.17, 15) is 4.79 Å². The van der Waals surface area contributed by atoms with Crippen LogP contribution in [0.3, 0.4) is 0 Å². The Labute approximate surface area is 184 Å². The molecule has 0 aliphatic rings. The van der Waals surface area contributed by atoms with Crippen LogP contribution in [0.25, 0.3) is 0 Å². The minimum Gasteiger partial charge on any atom is -0.493 e. The Morgan fingerprint density at radius 3 is 2.53 bits per heavy atom. The zero-order valence-corrected chi connectivity index (χ0v) is 17.7. The molecule has 1 amide bonds. The van der Waals surface area contributed by atoms with Gasteiger partial charge >= 0.3 is 0 Å². The van der Waals surface area contributed by atoms with Gasteiger partial charge in [0.1, 0.15) is 5.75 Å². The molecule has 3 rings (SSSR count). The van der Waals surface area contributed by atoms with Crippen LogP contribution in [0, 0.1) is 0 Å². The van der Waals surface area contributed by atoms with E-state index < -0.39 is 0 Å². The number of rotatable bonds is 9. The number of amides is 1. The lowest BCUT2D eigenvalue weighted by molar-refractivity contribution is -0.116. The van der Waals surface area contributed by atoms with Crippen LogP contribution in [0.2, 0.25) is 10.0 Å². The van der Waals surface area contributed by atoms with Crippen LogP contribution in [0.15, 0.2) is 60.8 Å². The lowest BCUT2D eigenvalue weighted by Gasteiger charge is -2.10. The van der Waals surface area contributed by atoms with Crippen LogP contribution in [-0.4, -0.2) is 24.6 Å². The first-order valence-corrected chi connectivity index (χ1v) is 9.95. The van der Waals surface area contributed by atoms with Crippen LogP contribution in [0.5, 0.6) is 23.1 Å². The Balaban J connectivity index is 1.44. The number of nitrogens with one attached hydrogen (secondary N) is 1. The second-order valence-corrected chi connectivity index (χ2v) is 7.06. The fraction of sp³-hybridized carbons (Fsp3) is 0.182. The molecule has 0 fully saturated rings. The zero-order valence-electron chi connectivity index (χ0n) is 16.2. The Kier molecular flexibility index (Phi) is 7.76. The summed E-state index contributed by atoms with van der Waals surface area (Å²) in [5.41, 5.74) is 0.578. The van der Waals surface area contributed by atoms with Crippen molar-refractivity contribution in [3.05, 3.63) is 70.8 Å². The predicted molar refractivity (Wildman–Crippen MR) is 117 cm³/mol. The van der Waals surface area contributed by atoms with Crippen molar-refractivity contribution in [3.8, 4) is 23.1 Å². The van der Waals surface area contributed by atoms with E-state index in [0.29, 0.717) is 58.3 Å². The molecule has 1 N–H and O–H groups in total. The lowest BCUT2D eigenvalue weighted by atomic mass is 10.3. The molecule has 30 heavy (non-hydrogen) atoms. The first-order chi connectivity index (χ1) is 14.5. The fourth-order valence-corrected chi connectivity index (χ4v) is 3.02. The van der Waals surface area contributed by atoms with Crippen molar-refractivity contribution in [2.75, 3.05) is 19.0 Å². The Morgan fingerprint density at radius 1 is 1.03 bits per heavy atom. The predicted octanol–water partition coefficient (Wildman–Crippen LogP) is 5.99. The molecule has 0 saturated heterocycles. The topological polar surface area (TPSA) is 69.7 Å². The van der Waals surface area contributed by atoms with E-state index in [-0.39, 0.29) is 5.91 Å². The van der Waals surface area contributed by atoms with Gasteiger partial charge in [-0.15, -0.1) is 0 Å². The molecule has 156 valence electrons. The maximum absolute atomic E-state index is 12.1. The number of para-hydroxylation sites is 2. The number of methoxy groups -OCH3 is 1. The van der Waals surface area contributed by atoms with Gasteiger partial charge in [0.05, 0.1) is 30.6 Å². The SMILES string of the molecule is COc1ccccc1Oc1ccc(NC(=O)CCCOc2ccc(Cl)cc2Cl)cn1. The highest BCUT2D eigenvalue weighted by Gasteiger charge is 2.08. The zero-order chi connectivity index (χ0) is 21.3. The summed E-state index contributed by atoms with van der Waals surface area (Å²) in [5, 5.41) is 3.77. The number of hydrogen-bond acceptors (Lipinski definition) is 5. The van der Waals surface area contributed by atoms with Crippen LogP contribution in [0.4, 0.5) is 5.69 Å². The molecule has 1 heterocycles. The van der Waals surface area contributed by atoms with Gasteiger partial charge in [-0.25, -0.2) is 4.98 Å². The van der Waals surface area contributed by atoms with Gasteiger partial charge in [0.2, 0.25) is 11.8 Å². The standard InChI is InChI=1S/C22H20Cl2N2O4/c1-28-19-5-2-3-6-20(19)30-22-11-9-16(14-25-22)26-21(27)7-4-12-29-18-10-8-15(23)13-17(18)24/h2-3,5-6,8-11,13-14H,4,7,12H2,1H3,(H,26,27). The Hall–Kier alpha value is -2.96. The maximum Gasteiger partial charge on any atom is 0.224 e. The van der Waals surface area contributed by atoms with Crippen LogP contribution in [-0.2, 0) is 4.79 Å². The van der Waals surface area contributed by atoms with Gasteiger partial charge < -0.3 is 19.5 Å². The number of carbonyl (C=O) groups excluding carboxylic acids is 1. The number of hydrogen-bond donors (Lipinski definition) is 1. The summed E-state index contributed by atoms with van der Waals surface area (Å²) >= 11 is 11.9. The van der Waals surface area contributed by atoms with Crippen molar-refractivity contribution in [1.29, 1.82) is 0 Å². The summed E-state index contributed by atoms with van der Waals surface area (Å²) in [6.45, 7) is 0.360. The van der Waals surface area contributed by atoms with Gasteiger partial charge in [-0.2, -0.15) is 0 Å². The van der Waals surface area contributed by atoms with Crippen LogP contribution < -0.4 is 19.5 Å². The monoisotopic (exact) mass is 446 g/mol. The minimum absolute atomic E-state index is 0.138. The van der Waals surface area contributed by atoms with Gasteiger partial charge in [0.15, 0.2) is 11.5 Å². The lowest BCUT2D eigenvalue weighted by Crippen LogP contribution is -2.13. The van der Waals surface area contributed by atoms with Crippen molar-refractivity contribution in [2.45, 2.75) is 12.8 Å². The van der Waals surface area contributed by atoms with Gasteiger partial charge in [0.25, 0.3) is 0 Å². The van der Waals surface area contributed by atoms with Crippen molar-refractivity contribution < 1.29 is 19.0 Å². The molecule has 0 saturated carbocycles. The number of ether oxygens (including phenoxy) is 3. The Morgan fingerprint density at radius 2 is 1.83 bits per heavy atom. The molecular weight excluding hydrogens is 427 g/mol. The molecule has 0 aliphatic heterocycles. The molecule has 8 heteroatoms. The number of halogens is 2. The number of benzene rings is 2. The first kappa shape index (κ1) is 21.7. The third-order valence-electron chi connectivity index (χ3n) is 4.00. The molecule has 0 radical (unpaired) electrons. The maximum atomic E-state index is 12.1. The highest BCUT2D eigenvalue weighted by atomic mass is 35.5. The van der Waals surface area contributed by atoms with Crippen LogP contribution in [0.1, 0.15) is 12.8 Å². The van der Waals surface area contributed by atoms with E-state index in [2.05, 4.69) is 10.3 Å². The number of nitrogens with zero attached hydrogens (tertiary/aromatic N) is 1. The average Bonchev–Trinajstić information content (AvgIpc) is 2.74. The van der Waals surface area contributed by atoms with Gasteiger partial charge in [-0.05, 0) is 42.8 Å². The van der Waals surface area contributed by atoms with E-state index in [4.69, 9.17) is 37.4 Å². The molecule has 0 aliphatic carbocycles. The minimum atomic E-state index is -0.138. The highest BCUT2D eigenvalue weighted by molar-refractivity contribution is 6.35. The highest BCUT2D eigenvalue weighted by Crippen LogP contribution is 2.30. The second-order valence-electron chi connectivity index (χ2n) is 6.21. The molecule has 2 aromatic carbocycles. The number of carbonyl (C=O) groups is 1. The smallest absolute Gasteiger partial charge is 0.224 e. The van der Waals surface area contributed by atoms with E-state index in [0.717, 1.165) is 0 Å². The summed E-state index contributed by atoms with van der Waals surface area (Å²) < 4.78 is 16.5. The first-order valence-electron chi connectivity index (χ1n) is 9.20. The van der Waals surface area contributed by atoms with E-state index in [1.54, 1.807) is 49.6 Å². The van der Waals surface area contributed by atoms with E-state index in [1.165, 1.54) is 6.20 Å². The summed E-state index contributed by atoms with van der Waals surface area (Å²) in [6.07, 6.45) is 2.37. The molecular formula is C22H20Cl2N2O4. The summed E-state index contributed by atoms with van der Waals surface area (Å²) in [4.78, 5) is 16.3. The molecule has 1 aromatic heterocycles. The Bertz CT molecular complexity index is 997. The number of aromatic nitrogens is 1. The number of anilines is 1. The second kappa shape index (κ2) is 10.7. The van der Waals surface area contributed by atoms with Crippen molar-refractivity contribution in [3.63, 3.8) is 0 Å². The third-order valence-corrected chi connectivity index (χ3v) is 4.53. The normalized spacial score (nSPS) is 10.4. The molecule has 0 unspecified atom stereocenters. The summed E-state index contributed by atoms with van der Waals surface area (Å²) in [5.74, 6) is 1.96. The van der Waals surface area contributed by atoms with Gasteiger partial charge in [0, 0.05) is 17.5 Å². The van der Waals surface area contributed by atoms with Crippen molar-refractivity contribution in [2.24, 2.45) is 0 Å². The molecule has 3 aromatic rings. The molecule has 6 nitrogen and oxygen atoms in total. The van der Waals surface area contributed by atoms with Crippen molar-refractivity contribution >= 4 is 34.8 Å². The fourth-order valence-electron chi connectivity index (χ4n) is 2.56. The largest absolute Gasteiger partial charge is 0.493 e. The quantitative estimate of drug-likeness (QED) is 0.408.